The van der Waals surface area contributed by atoms with E-state index in [4.69, 9.17) is 4.74 Å². The number of hydrogen-bond donors (Lipinski definition) is 0. The Morgan fingerprint density at radius 1 is 1.19 bits per heavy atom. The Bertz CT molecular complexity index is 806. The molecule has 0 fully saturated rings. The zero-order valence-corrected chi connectivity index (χ0v) is 15.6. The van der Waals surface area contributed by atoms with Crippen molar-refractivity contribution in [2.24, 2.45) is 0 Å². The van der Waals surface area contributed by atoms with Crippen LogP contribution in [0.2, 0.25) is 0 Å². The van der Waals surface area contributed by atoms with E-state index in [1.165, 1.54) is 17.0 Å². The van der Waals surface area contributed by atoms with Crippen LogP contribution in [-0.4, -0.2) is 31.1 Å². The second kappa shape index (κ2) is 9.71. The van der Waals surface area contributed by atoms with Gasteiger partial charge in [-0.2, -0.15) is 8.78 Å². The van der Waals surface area contributed by atoms with E-state index in [1.54, 1.807) is 32.2 Å². The number of nitrogens with zero attached hydrogens (tertiary/aromatic N) is 1. The lowest BCUT2D eigenvalue weighted by atomic mass is 10.1. The minimum Gasteiger partial charge on any atom is -0.490 e. The summed E-state index contributed by atoms with van der Waals surface area (Å²) >= 11 is 0. The maximum absolute atomic E-state index is 12.5. The van der Waals surface area contributed by atoms with Gasteiger partial charge in [-0.1, -0.05) is 35.9 Å². The van der Waals surface area contributed by atoms with Crippen molar-refractivity contribution in [2.45, 2.75) is 27.0 Å². The fourth-order valence-electron chi connectivity index (χ4n) is 2.53. The number of aryl methyl sites for hydroxylation is 1. The first-order chi connectivity index (χ1) is 12.9. The quantitative estimate of drug-likeness (QED) is 0.630. The van der Waals surface area contributed by atoms with Crippen molar-refractivity contribution in [1.82, 2.24) is 4.90 Å². The van der Waals surface area contributed by atoms with Crippen molar-refractivity contribution in [3.8, 4) is 11.5 Å². The maximum Gasteiger partial charge on any atom is 0.387 e. The molecule has 0 bridgehead atoms. The molecule has 144 valence electrons. The number of benzene rings is 2. The van der Waals surface area contributed by atoms with Gasteiger partial charge in [-0.15, -0.1) is 0 Å². The second-order valence-electron chi connectivity index (χ2n) is 6.03. The normalized spacial score (nSPS) is 11.0. The Morgan fingerprint density at radius 2 is 1.96 bits per heavy atom. The summed E-state index contributed by atoms with van der Waals surface area (Å²) in [5.74, 6) is 0.0396. The molecule has 27 heavy (non-hydrogen) atoms. The van der Waals surface area contributed by atoms with Gasteiger partial charge in [0.1, 0.15) is 0 Å². The molecule has 0 aliphatic carbocycles. The first-order valence-electron chi connectivity index (χ1n) is 8.59. The van der Waals surface area contributed by atoms with E-state index in [9.17, 15) is 13.6 Å². The first-order valence-corrected chi connectivity index (χ1v) is 8.59. The first kappa shape index (κ1) is 20.4. The van der Waals surface area contributed by atoms with Gasteiger partial charge in [0, 0.05) is 19.7 Å². The summed E-state index contributed by atoms with van der Waals surface area (Å²) in [6.45, 7) is 1.45. The summed E-state index contributed by atoms with van der Waals surface area (Å²) in [4.78, 5) is 13.8. The van der Waals surface area contributed by atoms with Crippen molar-refractivity contribution in [1.29, 1.82) is 0 Å². The van der Waals surface area contributed by atoms with Gasteiger partial charge >= 0.3 is 6.61 Å². The number of hydrogen-bond acceptors (Lipinski definition) is 3. The Balaban J connectivity index is 2.06. The highest BCUT2D eigenvalue weighted by Crippen LogP contribution is 2.30. The fraction of sp³-hybridized carbons (Fsp3) is 0.286. The van der Waals surface area contributed by atoms with E-state index in [1.807, 2.05) is 31.2 Å². The van der Waals surface area contributed by atoms with Gasteiger partial charge in [0.25, 0.3) is 0 Å². The minimum atomic E-state index is -2.92. The van der Waals surface area contributed by atoms with Crippen LogP contribution in [0.3, 0.4) is 0 Å². The molecule has 0 aliphatic rings. The summed E-state index contributed by atoms with van der Waals surface area (Å²) in [7, 11) is 1.67. The highest BCUT2D eigenvalue weighted by Gasteiger charge is 2.13. The molecular formula is C21H23F2NO3. The van der Waals surface area contributed by atoms with Crippen LogP contribution >= 0.6 is 0 Å². The van der Waals surface area contributed by atoms with Gasteiger partial charge in [0.2, 0.25) is 5.91 Å². The molecule has 0 heterocycles. The monoisotopic (exact) mass is 375 g/mol. The Labute approximate surface area is 158 Å². The molecule has 0 aliphatic heterocycles. The predicted octanol–water partition coefficient (Wildman–Crippen LogP) is 4.67. The molecular weight excluding hydrogens is 352 g/mol. The standard InChI is InChI=1S/C21H23F2NO3/c1-4-26-19-13-17(8-10-18(19)27-21(22)23)14-24(3)20(25)11-9-16-7-5-6-15(2)12-16/h5-13,21H,4,14H2,1-3H3/b11-9+. The van der Waals surface area contributed by atoms with Crippen molar-refractivity contribution in [2.75, 3.05) is 13.7 Å². The topological polar surface area (TPSA) is 38.8 Å². The molecule has 2 aromatic rings. The molecule has 2 aromatic carbocycles. The largest absolute Gasteiger partial charge is 0.490 e. The predicted molar refractivity (Wildman–Crippen MR) is 101 cm³/mol. The van der Waals surface area contributed by atoms with Gasteiger partial charge in [-0.3, -0.25) is 4.79 Å². The fourth-order valence-corrected chi connectivity index (χ4v) is 2.53. The third kappa shape index (κ3) is 6.40. The second-order valence-corrected chi connectivity index (χ2v) is 6.03. The smallest absolute Gasteiger partial charge is 0.387 e. The third-order valence-electron chi connectivity index (χ3n) is 3.78. The molecule has 0 radical (unpaired) electrons. The van der Waals surface area contributed by atoms with Crippen molar-refractivity contribution in [3.63, 3.8) is 0 Å². The molecule has 0 unspecified atom stereocenters. The molecule has 0 atom stereocenters. The molecule has 0 spiro atoms. The lowest BCUT2D eigenvalue weighted by molar-refractivity contribution is -0.125. The van der Waals surface area contributed by atoms with Crippen molar-refractivity contribution >= 4 is 12.0 Å². The molecule has 2 rings (SSSR count). The zero-order valence-electron chi connectivity index (χ0n) is 15.6. The minimum absolute atomic E-state index is 0.0241. The third-order valence-corrected chi connectivity index (χ3v) is 3.78. The van der Waals surface area contributed by atoms with Gasteiger partial charge < -0.3 is 14.4 Å². The number of halogens is 2. The van der Waals surface area contributed by atoms with Gasteiger partial charge in [0.05, 0.1) is 6.61 Å². The van der Waals surface area contributed by atoms with E-state index in [2.05, 4.69) is 4.74 Å². The Morgan fingerprint density at radius 3 is 2.63 bits per heavy atom. The van der Waals surface area contributed by atoms with Crippen LogP contribution in [0.4, 0.5) is 8.78 Å². The van der Waals surface area contributed by atoms with Crippen LogP contribution in [0.1, 0.15) is 23.6 Å². The highest BCUT2D eigenvalue weighted by atomic mass is 19.3. The molecule has 4 nitrogen and oxygen atoms in total. The Kier molecular flexibility index (Phi) is 7.34. The molecule has 6 heteroatoms. The number of ether oxygens (including phenoxy) is 2. The molecule has 0 saturated carbocycles. The number of amides is 1. The number of likely N-dealkylation sites (N-methyl/N-ethyl adjacent to an activating group) is 1. The van der Waals surface area contributed by atoms with E-state index in [0.717, 1.165) is 16.7 Å². The van der Waals surface area contributed by atoms with Crippen LogP contribution in [0.5, 0.6) is 11.5 Å². The summed E-state index contributed by atoms with van der Waals surface area (Å²) in [6, 6.07) is 12.5. The summed E-state index contributed by atoms with van der Waals surface area (Å²) in [6.07, 6.45) is 3.27. The lowest BCUT2D eigenvalue weighted by Crippen LogP contribution is -2.24. The van der Waals surface area contributed by atoms with Crippen LogP contribution in [0.25, 0.3) is 6.08 Å². The van der Waals surface area contributed by atoms with Gasteiger partial charge in [-0.05, 0) is 43.2 Å². The summed E-state index contributed by atoms with van der Waals surface area (Å²) in [5, 5.41) is 0. The highest BCUT2D eigenvalue weighted by molar-refractivity contribution is 5.91. The molecule has 0 saturated heterocycles. The number of carbonyl (C=O) groups excluding carboxylic acids is 1. The van der Waals surface area contributed by atoms with Crippen LogP contribution in [0.15, 0.2) is 48.5 Å². The van der Waals surface area contributed by atoms with Gasteiger partial charge in [0.15, 0.2) is 11.5 Å². The number of rotatable bonds is 8. The average molecular weight is 375 g/mol. The SMILES string of the molecule is CCOc1cc(CN(C)C(=O)/C=C/c2cccc(C)c2)ccc1OC(F)F. The molecule has 1 amide bonds. The van der Waals surface area contributed by atoms with Crippen molar-refractivity contribution in [3.05, 3.63) is 65.2 Å². The van der Waals surface area contributed by atoms with Crippen LogP contribution in [-0.2, 0) is 11.3 Å². The van der Waals surface area contributed by atoms with Crippen LogP contribution < -0.4 is 9.47 Å². The van der Waals surface area contributed by atoms with Crippen molar-refractivity contribution < 1.29 is 23.0 Å². The number of carbonyl (C=O) groups is 1. The van der Waals surface area contributed by atoms with E-state index in [-0.39, 0.29) is 17.4 Å². The molecule has 0 N–H and O–H groups in total. The summed E-state index contributed by atoms with van der Waals surface area (Å²) < 4.78 is 34.8. The van der Waals surface area contributed by atoms with E-state index < -0.39 is 6.61 Å². The van der Waals surface area contributed by atoms with E-state index >= 15 is 0 Å². The van der Waals surface area contributed by atoms with Crippen LogP contribution in [0, 0.1) is 6.92 Å². The maximum atomic E-state index is 12.5. The summed E-state index contributed by atoms with van der Waals surface area (Å²) in [5.41, 5.74) is 2.82. The number of alkyl halides is 2. The van der Waals surface area contributed by atoms with E-state index in [0.29, 0.717) is 13.2 Å². The van der Waals surface area contributed by atoms with Gasteiger partial charge in [-0.25, -0.2) is 0 Å². The zero-order chi connectivity index (χ0) is 19.8. The Hall–Kier alpha value is -2.89. The lowest BCUT2D eigenvalue weighted by Gasteiger charge is -2.17. The average Bonchev–Trinajstić information content (AvgIpc) is 2.61. The molecule has 0 aromatic heterocycles.